The number of amides is 1. The van der Waals surface area contributed by atoms with Gasteiger partial charge in [0.2, 0.25) is 0 Å². The largest absolute Gasteiger partial charge is 0.508 e. The molecule has 0 aliphatic rings. The minimum atomic E-state index is -0.425. The number of aromatic hydroxyl groups is 1. The highest BCUT2D eigenvalue weighted by atomic mass is 16.5. The Balaban J connectivity index is 1.56. The summed E-state index contributed by atoms with van der Waals surface area (Å²) in [6.07, 6.45) is 1.48. The van der Waals surface area contributed by atoms with Gasteiger partial charge in [0.1, 0.15) is 11.5 Å². The van der Waals surface area contributed by atoms with Gasteiger partial charge < -0.3 is 9.84 Å². The minimum Gasteiger partial charge on any atom is -0.508 e. The van der Waals surface area contributed by atoms with Crippen LogP contribution >= 0.6 is 0 Å². The molecule has 28 heavy (non-hydrogen) atoms. The molecular formula is C22H18N2O4. The molecule has 140 valence electrons. The number of hydrogen-bond acceptors (Lipinski definition) is 5. The van der Waals surface area contributed by atoms with Crippen LogP contribution in [0.25, 0.3) is 0 Å². The second-order valence-corrected chi connectivity index (χ2v) is 6.07. The van der Waals surface area contributed by atoms with Crippen LogP contribution in [-0.4, -0.2) is 23.2 Å². The lowest BCUT2D eigenvalue weighted by molar-refractivity contribution is 0.0734. The molecule has 0 heterocycles. The van der Waals surface area contributed by atoms with Gasteiger partial charge in [0.15, 0.2) is 0 Å². The van der Waals surface area contributed by atoms with Gasteiger partial charge in [0, 0.05) is 5.56 Å². The highest BCUT2D eigenvalue weighted by Crippen LogP contribution is 2.14. The molecule has 0 aromatic heterocycles. The Morgan fingerprint density at radius 1 is 0.964 bits per heavy atom. The number of nitrogens with one attached hydrogen (secondary N) is 1. The van der Waals surface area contributed by atoms with Gasteiger partial charge in [-0.05, 0) is 73.2 Å². The molecule has 0 aliphatic carbocycles. The summed E-state index contributed by atoms with van der Waals surface area (Å²) in [5, 5.41) is 13.1. The first kappa shape index (κ1) is 18.8. The van der Waals surface area contributed by atoms with Gasteiger partial charge in [0.05, 0.1) is 11.8 Å². The van der Waals surface area contributed by atoms with E-state index in [0.717, 1.165) is 11.1 Å². The van der Waals surface area contributed by atoms with E-state index in [9.17, 15) is 14.7 Å². The van der Waals surface area contributed by atoms with E-state index in [-0.39, 0.29) is 11.7 Å². The summed E-state index contributed by atoms with van der Waals surface area (Å²) in [6.45, 7) is 1.91. The molecule has 0 radical (unpaired) electrons. The number of nitrogens with zero attached hydrogens (tertiary/aromatic N) is 1. The number of ether oxygens (including phenoxy) is 1. The average molecular weight is 374 g/mol. The van der Waals surface area contributed by atoms with Crippen molar-refractivity contribution in [3.05, 3.63) is 95.1 Å². The zero-order valence-corrected chi connectivity index (χ0v) is 15.1. The predicted molar refractivity (Wildman–Crippen MR) is 106 cm³/mol. The number of phenols is 1. The standard InChI is InChI=1S/C22H18N2O4/c1-15-3-2-4-18(13-15)22(27)28-20-11-5-16(6-12-20)14-23-24-21(26)17-7-9-19(25)10-8-17/h2-14,25H,1H3,(H,24,26)/b23-14-. The van der Waals surface area contributed by atoms with E-state index in [0.29, 0.717) is 16.9 Å². The number of carbonyl (C=O) groups excluding carboxylic acids is 2. The molecule has 6 heteroatoms. The van der Waals surface area contributed by atoms with Gasteiger partial charge in [0.25, 0.3) is 5.91 Å². The molecule has 3 rings (SSSR count). The fourth-order valence-corrected chi connectivity index (χ4v) is 2.40. The van der Waals surface area contributed by atoms with Gasteiger partial charge >= 0.3 is 5.97 Å². The molecule has 1 amide bonds. The Hall–Kier alpha value is -3.93. The molecule has 2 N–H and O–H groups in total. The lowest BCUT2D eigenvalue weighted by Gasteiger charge is -2.05. The van der Waals surface area contributed by atoms with Crippen LogP contribution in [0.15, 0.2) is 77.9 Å². The number of hydrazone groups is 1. The summed E-state index contributed by atoms with van der Waals surface area (Å²) >= 11 is 0. The van der Waals surface area contributed by atoms with Gasteiger partial charge in [-0.2, -0.15) is 5.10 Å². The Labute approximate surface area is 162 Å². The van der Waals surface area contributed by atoms with Crippen molar-refractivity contribution in [2.75, 3.05) is 0 Å². The molecule has 6 nitrogen and oxygen atoms in total. The Bertz CT molecular complexity index is 1010. The Morgan fingerprint density at radius 2 is 1.68 bits per heavy atom. The number of hydrogen-bond donors (Lipinski definition) is 2. The van der Waals surface area contributed by atoms with Crippen LogP contribution in [0.3, 0.4) is 0 Å². The van der Waals surface area contributed by atoms with Crippen molar-refractivity contribution >= 4 is 18.1 Å². The van der Waals surface area contributed by atoms with Crippen LogP contribution in [0.5, 0.6) is 11.5 Å². The lowest BCUT2D eigenvalue weighted by atomic mass is 10.1. The van der Waals surface area contributed by atoms with Crippen molar-refractivity contribution in [3.63, 3.8) is 0 Å². The third-order valence-corrected chi connectivity index (χ3v) is 3.85. The highest BCUT2D eigenvalue weighted by molar-refractivity contribution is 5.95. The first-order chi connectivity index (χ1) is 13.5. The van der Waals surface area contributed by atoms with E-state index in [1.54, 1.807) is 42.5 Å². The van der Waals surface area contributed by atoms with Crippen molar-refractivity contribution in [2.24, 2.45) is 5.10 Å². The maximum absolute atomic E-state index is 12.1. The number of esters is 1. The van der Waals surface area contributed by atoms with E-state index < -0.39 is 5.97 Å². The Morgan fingerprint density at radius 3 is 2.36 bits per heavy atom. The first-order valence-corrected chi connectivity index (χ1v) is 8.52. The van der Waals surface area contributed by atoms with E-state index in [1.165, 1.54) is 30.5 Å². The highest BCUT2D eigenvalue weighted by Gasteiger charge is 2.08. The predicted octanol–water partition coefficient (Wildman–Crippen LogP) is 3.68. The summed E-state index contributed by atoms with van der Waals surface area (Å²) in [7, 11) is 0. The number of rotatable bonds is 5. The van der Waals surface area contributed by atoms with Gasteiger partial charge in [-0.3, -0.25) is 4.79 Å². The summed E-state index contributed by atoms with van der Waals surface area (Å²) in [5.41, 5.74) is 4.98. The number of aryl methyl sites for hydroxylation is 1. The fraction of sp³-hybridized carbons (Fsp3) is 0.0455. The fourth-order valence-electron chi connectivity index (χ4n) is 2.40. The normalized spacial score (nSPS) is 10.6. The van der Waals surface area contributed by atoms with Crippen LogP contribution in [-0.2, 0) is 0 Å². The maximum Gasteiger partial charge on any atom is 0.343 e. The molecule has 0 saturated heterocycles. The third kappa shape index (κ3) is 5.04. The molecule has 0 saturated carbocycles. The lowest BCUT2D eigenvalue weighted by Crippen LogP contribution is -2.17. The van der Waals surface area contributed by atoms with Gasteiger partial charge in [-0.15, -0.1) is 0 Å². The van der Waals surface area contributed by atoms with Gasteiger partial charge in [-0.25, -0.2) is 10.2 Å². The summed E-state index contributed by atoms with van der Waals surface area (Å²) < 4.78 is 5.35. The number of benzene rings is 3. The Kier molecular flexibility index (Phi) is 5.81. The van der Waals surface area contributed by atoms with Crippen molar-refractivity contribution in [1.82, 2.24) is 5.43 Å². The SMILES string of the molecule is Cc1cccc(C(=O)Oc2ccc(/C=N\NC(=O)c3ccc(O)cc3)cc2)c1. The maximum atomic E-state index is 12.1. The zero-order valence-electron chi connectivity index (χ0n) is 15.1. The van der Waals surface area contributed by atoms with Crippen LogP contribution in [0.2, 0.25) is 0 Å². The van der Waals surface area contributed by atoms with Crippen LogP contribution in [0.1, 0.15) is 31.8 Å². The van der Waals surface area contributed by atoms with E-state index in [1.807, 2.05) is 13.0 Å². The molecule has 0 fully saturated rings. The van der Waals surface area contributed by atoms with Crippen molar-refractivity contribution in [3.8, 4) is 11.5 Å². The molecule has 0 atom stereocenters. The molecule has 3 aromatic carbocycles. The summed E-state index contributed by atoms with van der Waals surface area (Å²) in [4.78, 5) is 24.1. The monoisotopic (exact) mass is 374 g/mol. The molecule has 3 aromatic rings. The summed E-state index contributed by atoms with van der Waals surface area (Å²) in [5.74, 6) is -0.314. The van der Waals surface area contributed by atoms with Crippen molar-refractivity contribution < 1.29 is 19.4 Å². The van der Waals surface area contributed by atoms with Gasteiger partial charge in [-0.1, -0.05) is 17.7 Å². The molecule has 0 bridgehead atoms. The summed E-state index contributed by atoms with van der Waals surface area (Å²) in [6, 6.07) is 19.8. The quantitative estimate of drug-likeness (QED) is 0.309. The second-order valence-electron chi connectivity index (χ2n) is 6.07. The van der Waals surface area contributed by atoms with E-state index >= 15 is 0 Å². The number of phenolic OH excluding ortho intramolecular Hbond substituents is 1. The first-order valence-electron chi connectivity index (χ1n) is 8.52. The molecular weight excluding hydrogens is 356 g/mol. The van der Waals surface area contributed by atoms with Crippen molar-refractivity contribution in [1.29, 1.82) is 0 Å². The molecule has 0 unspecified atom stereocenters. The zero-order chi connectivity index (χ0) is 19.9. The topological polar surface area (TPSA) is 88.0 Å². The minimum absolute atomic E-state index is 0.0863. The van der Waals surface area contributed by atoms with E-state index in [4.69, 9.17) is 4.74 Å². The number of carbonyl (C=O) groups is 2. The molecule has 0 aliphatic heterocycles. The van der Waals surface area contributed by atoms with Crippen LogP contribution in [0, 0.1) is 6.92 Å². The second kappa shape index (κ2) is 8.64. The molecule has 0 spiro atoms. The van der Waals surface area contributed by atoms with E-state index in [2.05, 4.69) is 10.5 Å². The average Bonchev–Trinajstić information content (AvgIpc) is 2.69. The van der Waals surface area contributed by atoms with Crippen LogP contribution in [0.4, 0.5) is 0 Å². The smallest absolute Gasteiger partial charge is 0.343 e. The van der Waals surface area contributed by atoms with Crippen LogP contribution < -0.4 is 10.2 Å². The third-order valence-electron chi connectivity index (χ3n) is 3.85. The van der Waals surface area contributed by atoms with Crippen molar-refractivity contribution in [2.45, 2.75) is 6.92 Å².